The summed E-state index contributed by atoms with van der Waals surface area (Å²) in [7, 11) is 1.23. The fourth-order valence-electron chi connectivity index (χ4n) is 1.45. The van der Waals surface area contributed by atoms with Crippen molar-refractivity contribution in [2.75, 3.05) is 25.2 Å². The number of aliphatic carboxylic acids is 1. The highest BCUT2D eigenvalue weighted by Crippen LogP contribution is 2.23. The van der Waals surface area contributed by atoms with Gasteiger partial charge in [0.1, 0.15) is 6.04 Å². The molecule has 1 aliphatic heterocycles. The molecule has 0 aliphatic carbocycles. The number of carboxylic acids is 1. The van der Waals surface area contributed by atoms with Crippen LogP contribution in [0.15, 0.2) is 0 Å². The maximum absolute atomic E-state index is 12.0. The molecular weight excluding hydrogens is 273 g/mol. The summed E-state index contributed by atoms with van der Waals surface area (Å²) in [5, 5.41) is 8.87. The molecular formula is C9H13F3N2O3S. The Bertz CT molecular complexity index is 338. The van der Waals surface area contributed by atoms with E-state index in [4.69, 9.17) is 5.11 Å². The third-order valence-electron chi connectivity index (χ3n) is 2.47. The van der Waals surface area contributed by atoms with Crippen LogP contribution < -0.4 is 0 Å². The van der Waals surface area contributed by atoms with E-state index in [1.54, 1.807) is 0 Å². The van der Waals surface area contributed by atoms with Crippen LogP contribution in [0, 0.1) is 0 Å². The highest BCUT2D eigenvalue weighted by atomic mass is 32.2. The first-order valence-electron chi connectivity index (χ1n) is 5.11. The topological polar surface area (TPSA) is 60.9 Å². The Morgan fingerprint density at radius 2 is 2.11 bits per heavy atom. The van der Waals surface area contributed by atoms with Crippen LogP contribution in [0.3, 0.4) is 0 Å². The molecule has 0 bridgehead atoms. The maximum atomic E-state index is 12.0. The number of carboxylic acid groups (broad SMARTS) is 1. The van der Waals surface area contributed by atoms with E-state index in [1.807, 2.05) is 0 Å². The normalized spacial score (nSPS) is 20.0. The van der Waals surface area contributed by atoms with E-state index in [1.165, 1.54) is 18.8 Å². The van der Waals surface area contributed by atoms with Crippen LogP contribution in [0.1, 0.15) is 6.42 Å². The molecule has 1 rings (SSSR count). The number of halogens is 3. The Morgan fingerprint density at radius 3 is 2.61 bits per heavy atom. The maximum Gasteiger partial charge on any atom is 0.390 e. The van der Waals surface area contributed by atoms with Crippen molar-refractivity contribution < 1.29 is 27.9 Å². The average Bonchev–Trinajstić information content (AvgIpc) is 2.72. The van der Waals surface area contributed by atoms with E-state index < -0.39 is 37.2 Å². The summed E-state index contributed by atoms with van der Waals surface area (Å²) in [5.74, 6) is -0.696. The van der Waals surface area contributed by atoms with Crippen molar-refractivity contribution in [1.82, 2.24) is 9.80 Å². The molecule has 0 aromatic carbocycles. The minimum absolute atomic E-state index is 0.187. The quantitative estimate of drug-likeness (QED) is 0.853. The van der Waals surface area contributed by atoms with Gasteiger partial charge in [-0.25, -0.2) is 9.59 Å². The van der Waals surface area contributed by atoms with Crippen molar-refractivity contribution >= 4 is 23.8 Å². The molecule has 1 N–H and O–H groups in total. The van der Waals surface area contributed by atoms with Crippen LogP contribution in [0.4, 0.5) is 18.0 Å². The van der Waals surface area contributed by atoms with E-state index in [-0.39, 0.29) is 11.6 Å². The molecule has 1 heterocycles. The first kappa shape index (κ1) is 14.9. The molecule has 1 atom stereocenters. The predicted molar refractivity (Wildman–Crippen MR) is 59.3 cm³/mol. The third kappa shape index (κ3) is 3.97. The monoisotopic (exact) mass is 286 g/mol. The fourth-order valence-corrected chi connectivity index (χ4v) is 2.58. The molecule has 104 valence electrons. The molecule has 0 saturated carbocycles. The van der Waals surface area contributed by atoms with Crippen LogP contribution in [-0.4, -0.2) is 64.3 Å². The predicted octanol–water partition coefficient (Wildman–Crippen LogP) is 1.45. The number of alkyl halides is 3. The number of hydrogen-bond donors (Lipinski definition) is 1. The van der Waals surface area contributed by atoms with Crippen LogP contribution in [0.25, 0.3) is 0 Å². The van der Waals surface area contributed by atoms with Gasteiger partial charge >= 0.3 is 18.2 Å². The molecule has 2 amide bonds. The highest BCUT2D eigenvalue weighted by molar-refractivity contribution is 7.99. The first-order chi connectivity index (χ1) is 8.22. The van der Waals surface area contributed by atoms with Gasteiger partial charge in [-0.1, -0.05) is 0 Å². The fraction of sp³-hybridized carbons (Fsp3) is 0.778. The number of nitrogens with zero attached hydrogens (tertiary/aromatic N) is 2. The standard InChI is InChI=1S/C9H13F3N2O3S/c1-13(3-2-9(10,11)12)8(17)14-5-18-4-6(14)7(15)16/h6H,2-5H2,1H3,(H,15,16)/t6-/m0/s1. The molecule has 0 aromatic heterocycles. The molecule has 1 saturated heterocycles. The lowest BCUT2D eigenvalue weighted by molar-refractivity contribution is -0.142. The smallest absolute Gasteiger partial charge is 0.390 e. The zero-order valence-corrected chi connectivity index (χ0v) is 10.4. The number of amides is 2. The lowest BCUT2D eigenvalue weighted by atomic mass is 10.3. The minimum Gasteiger partial charge on any atom is -0.480 e. The molecule has 1 aliphatic rings. The lowest BCUT2D eigenvalue weighted by Crippen LogP contribution is -2.48. The number of thioether (sulfide) groups is 1. The second kappa shape index (κ2) is 5.68. The lowest BCUT2D eigenvalue weighted by Gasteiger charge is -2.27. The summed E-state index contributed by atoms with van der Waals surface area (Å²) in [5.41, 5.74) is 0. The van der Waals surface area contributed by atoms with Gasteiger partial charge in [0.2, 0.25) is 0 Å². The van der Waals surface area contributed by atoms with Gasteiger partial charge in [-0.05, 0) is 0 Å². The second-order valence-corrected chi connectivity index (χ2v) is 4.89. The van der Waals surface area contributed by atoms with Gasteiger partial charge in [0.05, 0.1) is 12.3 Å². The van der Waals surface area contributed by atoms with Gasteiger partial charge in [0, 0.05) is 19.3 Å². The Kier molecular flexibility index (Phi) is 4.71. The molecule has 5 nitrogen and oxygen atoms in total. The summed E-state index contributed by atoms with van der Waals surface area (Å²) in [6.07, 6.45) is -5.44. The molecule has 0 radical (unpaired) electrons. The van der Waals surface area contributed by atoms with Crippen LogP contribution >= 0.6 is 11.8 Å². The van der Waals surface area contributed by atoms with Crippen molar-refractivity contribution in [3.8, 4) is 0 Å². The number of carbonyl (C=O) groups excluding carboxylic acids is 1. The van der Waals surface area contributed by atoms with Gasteiger partial charge in [0.25, 0.3) is 0 Å². The zero-order valence-electron chi connectivity index (χ0n) is 9.61. The second-order valence-electron chi connectivity index (χ2n) is 3.89. The van der Waals surface area contributed by atoms with E-state index in [2.05, 4.69) is 0 Å². The summed E-state index contributed by atoms with van der Waals surface area (Å²) < 4.78 is 36.0. The molecule has 0 spiro atoms. The summed E-state index contributed by atoms with van der Waals surface area (Å²) in [4.78, 5) is 24.6. The highest BCUT2D eigenvalue weighted by Gasteiger charge is 2.37. The van der Waals surface area contributed by atoms with Gasteiger partial charge in [-0.3, -0.25) is 0 Å². The summed E-state index contributed by atoms with van der Waals surface area (Å²) in [6.45, 7) is -0.476. The number of hydrogen-bond acceptors (Lipinski definition) is 3. The van der Waals surface area contributed by atoms with E-state index in [0.717, 1.165) is 9.80 Å². The Balaban J connectivity index is 2.55. The number of carbonyl (C=O) groups is 2. The van der Waals surface area contributed by atoms with Gasteiger partial charge < -0.3 is 14.9 Å². The van der Waals surface area contributed by atoms with E-state index in [9.17, 15) is 22.8 Å². The number of urea groups is 1. The van der Waals surface area contributed by atoms with Crippen molar-refractivity contribution in [1.29, 1.82) is 0 Å². The molecule has 18 heavy (non-hydrogen) atoms. The van der Waals surface area contributed by atoms with Crippen molar-refractivity contribution in [2.45, 2.75) is 18.6 Å². The van der Waals surface area contributed by atoms with Crippen molar-refractivity contribution in [3.63, 3.8) is 0 Å². The Hall–Kier alpha value is -1.12. The molecule has 9 heteroatoms. The van der Waals surface area contributed by atoms with Gasteiger partial charge in [0.15, 0.2) is 0 Å². The minimum atomic E-state index is -4.33. The van der Waals surface area contributed by atoms with Gasteiger partial charge in [-0.2, -0.15) is 13.2 Å². The zero-order chi connectivity index (χ0) is 13.9. The summed E-state index contributed by atoms with van der Waals surface area (Å²) >= 11 is 1.26. The number of rotatable bonds is 3. The van der Waals surface area contributed by atoms with E-state index in [0.29, 0.717) is 0 Å². The summed E-state index contributed by atoms with van der Waals surface area (Å²) in [6, 6.07) is -1.65. The van der Waals surface area contributed by atoms with E-state index >= 15 is 0 Å². The SMILES string of the molecule is CN(CCC(F)(F)F)C(=O)N1CSC[C@H]1C(=O)O. The van der Waals surface area contributed by atoms with Crippen LogP contribution in [0.5, 0.6) is 0 Å². The average molecular weight is 286 g/mol. The van der Waals surface area contributed by atoms with Crippen LogP contribution in [-0.2, 0) is 4.79 Å². The molecule has 1 fully saturated rings. The Labute approximate surface area is 106 Å². The Morgan fingerprint density at radius 1 is 1.50 bits per heavy atom. The van der Waals surface area contributed by atoms with Gasteiger partial charge in [-0.15, -0.1) is 11.8 Å². The largest absolute Gasteiger partial charge is 0.480 e. The van der Waals surface area contributed by atoms with Crippen LogP contribution in [0.2, 0.25) is 0 Å². The first-order valence-corrected chi connectivity index (χ1v) is 6.27. The van der Waals surface area contributed by atoms with Crippen molar-refractivity contribution in [2.24, 2.45) is 0 Å². The third-order valence-corrected chi connectivity index (χ3v) is 3.48. The molecule has 0 aromatic rings. The van der Waals surface area contributed by atoms with Crippen molar-refractivity contribution in [3.05, 3.63) is 0 Å². The molecule has 0 unspecified atom stereocenters.